The van der Waals surface area contributed by atoms with Crippen molar-refractivity contribution in [2.45, 2.75) is 0 Å². The molecule has 6 heteroatoms. The third kappa shape index (κ3) is 1.46. The van der Waals surface area contributed by atoms with E-state index in [0.717, 1.165) is 4.90 Å². The van der Waals surface area contributed by atoms with Crippen LogP contribution in [0.5, 0.6) is 0 Å². The molecule has 2 heterocycles. The van der Waals surface area contributed by atoms with Crippen LogP contribution in [0.15, 0.2) is 41.1 Å². The van der Waals surface area contributed by atoms with E-state index in [2.05, 4.69) is 25.9 Å². The van der Waals surface area contributed by atoms with Gasteiger partial charge < -0.3 is 0 Å². The second kappa shape index (κ2) is 3.99. The molecule has 1 aliphatic rings. The molecule has 0 unspecified atom stereocenters. The van der Waals surface area contributed by atoms with Crippen LogP contribution in [0.1, 0.15) is 21.0 Å². The van der Waals surface area contributed by atoms with Gasteiger partial charge in [0.2, 0.25) is 0 Å². The fraction of sp³-hybridized carbons (Fsp3) is 0. The Morgan fingerprint density at radius 1 is 0.944 bits per heavy atom. The van der Waals surface area contributed by atoms with Crippen molar-refractivity contribution < 1.29 is 9.59 Å². The van der Waals surface area contributed by atoms with Crippen molar-refractivity contribution >= 4 is 33.4 Å². The van der Waals surface area contributed by atoms with Gasteiger partial charge in [-0.25, -0.2) is 14.9 Å². The smallest absolute Gasteiger partial charge is 0.266 e. The van der Waals surface area contributed by atoms with Gasteiger partial charge in [-0.2, -0.15) is 0 Å². The van der Waals surface area contributed by atoms with Gasteiger partial charge in [0.05, 0.1) is 5.69 Å². The molecule has 18 heavy (non-hydrogen) atoms. The second-order valence-electron chi connectivity index (χ2n) is 3.65. The van der Waals surface area contributed by atoms with Gasteiger partial charge in [-0.3, -0.25) is 9.59 Å². The summed E-state index contributed by atoms with van der Waals surface area (Å²) in [6.45, 7) is 0. The first-order valence-corrected chi connectivity index (χ1v) is 5.94. The number of hydrogen-bond acceptors (Lipinski definition) is 4. The molecule has 2 amide bonds. The third-order valence-electron chi connectivity index (χ3n) is 2.60. The molecule has 0 bridgehead atoms. The number of amides is 2. The fourth-order valence-corrected chi connectivity index (χ4v) is 2.27. The van der Waals surface area contributed by atoms with Gasteiger partial charge >= 0.3 is 0 Å². The highest BCUT2D eigenvalue weighted by atomic mass is 79.9. The molecule has 1 aliphatic heterocycles. The minimum atomic E-state index is -0.449. The summed E-state index contributed by atoms with van der Waals surface area (Å²) >= 11 is 3.32. The van der Waals surface area contributed by atoms with E-state index in [1.807, 2.05) is 6.07 Å². The van der Waals surface area contributed by atoms with E-state index >= 15 is 0 Å². The van der Waals surface area contributed by atoms with E-state index in [-0.39, 0.29) is 11.4 Å². The number of anilines is 1. The minimum Gasteiger partial charge on any atom is -0.266 e. The van der Waals surface area contributed by atoms with Gasteiger partial charge in [0.1, 0.15) is 0 Å². The number of fused-ring (bicyclic) bond motifs is 1. The van der Waals surface area contributed by atoms with Crippen LogP contribution in [0, 0.1) is 0 Å². The lowest BCUT2D eigenvalue weighted by Crippen LogP contribution is -2.29. The number of benzene rings is 1. The van der Waals surface area contributed by atoms with Crippen LogP contribution in [-0.2, 0) is 0 Å². The quantitative estimate of drug-likeness (QED) is 0.756. The second-order valence-corrected chi connectivity index (χ2v) is 4.51. The number of carbonyl (C=O) groups is 2. The fourth-order valence-electron chi connectivity index (χ4n) is 1.81. The molecule has 0 saturated carbocycles. The van der Waals surface area contributed by atoms with Crippen molar-refractivity contribution in [3.8, 4) is 0 Å². The maximum Gasteiger partial charge on any atom is 0.286 e. The Morgan fingerprint density at radius 3 is 2.06 bits per heavy atom. The predicted molar refractivity (Wildman–Crippen MR) is 67.3 cm³/mol. The minimum absolute atomic E-state index is 0.0956. The number of imide groups is 1. The zero-order chi connectivity index (χ0) is 12.7. The number of aromatic nitrogens is 2. The molecule has 0 aliphatic carbocycles. The van der Waals surface area contributed by atoms with Gasteiger partial charge in [-0.15, -0.1) is 0 Å². The molecule has 1 aromatic heterocycles. The SMILES string of the molecule is O=C1c2nccnc2C(=O)N1c1ccccc1Br. The molecule has 0 radical (unpaired) electrons. The lowest BCUT2D eigenvalue weighted by Gasteiger charge is -2.14. The van der Waals surface area contributed by atoms with Crippen LogP contribution < -0.4 is 4.90 Å². The molecule has 5 nitrogen and oxygen atoms in total. The average molecular weight is 304 g/mol. The van der Waals surface area contributed by atoms with Crippen LogP contribution in [0.2, 0.25) is 0 Å². The Balaban J connectivity index is 2.16. The van der Waals surface area contributed by atoms with Gasteiger partial charge in [0, 0.05) is 16.9 Å². The lowest BCUT2D eigenvalue weighted by atomic mass is 10.3. The Bertz CT molecular complexity index is 637. The van der Waals surface area contributed by atoms with Crippen LogP contribution in [0.4, 0.5) is 5.69 Å². The molecule has 3 rings (SSSR count). The normalized spacial score (nSPS) is 13.9. The highest BCUT2D eigenvalue weighted by Gasteiger charge is 2.39. The molecule has 0 N–H and O–H groups in total. The van der Waals surface area contributed by atoms with Gasteiger partial charge in [-0.1, -0.05) is 12.1 Å². The number of para-hydroxylation sites is 1. The van der Waals surface area contributed by atoms with Gasteiger partial charge in [0.15, 0.2) is 11.4 Å². The average Bonchev–Trinajstić information content (AvgIpc) is 2.64. The van der Waals surface area contributed by atoms with Crippen molar-refractivity contribution in [1.29, 1.82) is 0 Å². The van der Waals surface area contributed by atoms with E-state index in [1.54, 1.807) is 18.2 Å². The third-order valence-corrected chi connectivity index (χ3v) is 3.27. The van der Waals surface area contributed by atoms with Gasteiger partial charge in [-0.05, 0) is 28.1 Å². The van der Waals surface area contributed by atoms with E-state index in [9.17, 15) is 9.59 Å². The van der Waals surface area contributed by atoms with E-state index in [0.29, 0.717) is 10.2 Å². The van der Waals surface area contributed by atoms with E-state index < -0.39 is 11.8 Å². The molecule has 0 saturated heterocycles. The highest BCUT2D eigenvalue weighted by Crippen LogP contribution is 2.31. The molecular formula is C12H6BrN3O2. The first-order chi connectivity index (χ1) is 8.70. The Labute approximate surface area is 111 Å². The first kappa shape index (κ1) is 11.0. The molecule has 88 valence electrons. The van der Waals surface area contributed by atoms with Crippen molar-refractivity contribution in [3.63, 3.8) is 0 Å². The lowest BCUT2D eigenvalue weighted by molar-refractivity contribution is 0.0923. The van der Waals surface area contributed by atoms with Crippen molar-refractivity contribution in [2.24, 2.45) is 0 Å². The Hall–Kier alpha value is -2.08. The molecular weight excluding hydrogens is 298 g/mol. The van der Waals surface area contributed by atoms with E-state index in [4.69, 9.17) is 0 Å². The highest BCUT2D eigenvalue weighted by molar-refractivity contribution is 9.10. The van der Waals surface area contributed by atoms with Crippen LogP contribution in [0.25, 0.3) is 0 Å². The van der Waals surface area contributed by atoms with Crippen molar-refractivity contribution in [1.82, 2.24) is 9.97 Å². The molecule has 0 atom stereocenters. The van der Waals surface area contributed by atoms with Crippen LogP contribution >= 0.6 is 15.9 Å². The standard InChI is InChI=1S/C12H6BrN3O2/c13-7-3-1-2-4-8(7)16-11(17)9-10(12(16)18)15-6-5-14-9/h1-6H. The maximum absolute atomic E-state index is 12.1. The summed E-state index contributed by atoms with van der Waals surface area (Å²) in [6.07, 6.45) is 2.79. The summed E-state index contributed by atoms with van der Waals surface area (Å²) in [7, 11) is 0. The summed E-state index contributed by atoms with van der Waals surface area (Å²) in [5, 5.41) is 0. The Kier molecular flexibility index (Phi) is 2.45. The van der Waals surface area contributed by atoms with Crippen LogP contribution in [0.3, 0.4) is 0 Å². The number of nitrogens with zero attached hydrogens (tertiary/aromatic N) is 3. The zero-order valence-electron chi connectivity index (χ0n) is 9.00. The van der Waals surface area contributed by atoms with Crippen molar-refractivity contribution in [2.75, 3.05) is 4.90 Å². The largest absolute Gasteiger partial charge is 0.286 e. The topological polar surface area (TPSA) is 63.2 Å². The molecule has 0 spiro atoms. The first-order valence-electron chi connectivity index (χ1n) is 5.14. The van der Waals surface area contributed by atoms with Crippen LogP contribution in [-0.4, -0.2) is 21.8 Å². The zero-order valence-corrected chi connectivity index (χ0v) is 10.6. The summed E-state index contributed by atoms with van der Waals surface area (Å²) in [6, 6.07) is 7.01. The summed E-state index contributed by atoms with van der Waals surface area (Å²) in [5.41, 5.74) is 0.684. The summed E-state index contributed by atoms with van der Waals surface area (Å²) in [4.78, 5) is 33.2. The number of rotatable bonds is 1. The monoisotopic (exact) mass is 303 g/mol. The predicted octanol–water partition coefficient (Wildman–Crippen LogP) is 2.04. The Morgan fingerprint density at radius 2 is 1.50 bits per heavy atom. The summed E-state index contributed by atoms with van der Waals surface area (Å²) in [5.74, 6) is -0.898. The maximum atomic E-state index is 12.1. The number of carbonyl (C=O) groups excluding carboxylic acids is 2. The number of hydrogen-bond donors (Lipinski definition) is 0. The molecule has 1 aromatic carbocycles. The van der Waals surface area contributed by atoms with Gasteiger partial charge in [0.25, 0.3) is 11.8 Å². The number of halogens is 1. The summed E-state index contributed by atoms with van der Waals surface area (Å²) < 4.78 is 0.666. The molecule has 2 aromatic rings. The molecule has 0 fully saturated rings. The van der Waals surface area contributed by atoms with E-state index in [1.165, 1.54) is 12.4 Å². The van der Waals surface area contributed by atoms with Crippen molar-refractivity contribution in [3.05, 3.63) is 52.5 Å².